The molecule has 2 atom stereocenters. The molecule has 0 fully saturated rings. The molecular formula is C16H19ClN2OS. The van der Waals surface area contributed by atoms with Gasteiger partial charge in [0, 0.05) is 33.8 Å². The third kappa shape index (κ3) is 2.93. The van der Waals surface area contributed by atoms with Crippen molar-refractivity contribution in [3.05, 3.63) is 44.9 Å². The molecule has 2 N–H and O–H groups in total. The van der Waals surface area contributed by atoms with Gasteiger partial charge >= 0.3 is 0 Å². The molecule has 1 aromatic carbocycles. The summed E-state index contributed by atoms with van der Waals surface area (Å²) >= 11 is 7.71. The summed E-state index contributed by atoms with van der Waals surface area (Å²) in [6.45, 7) is 6.50. The van der Waals surface area contributed by atoms with E-state index in [0.29, 0.717) is 5.02 Å². The zero-order valence-corrected chi connectivity index (χ0v) is 14.0. The smallest absolute Gasteiger partial charge is 0.143 e. The first-order chi connectivity index (χ1) is 9.84. The van der Waals surface area contributed by atoms with E-state index < -0.39 is 0 Å². The molecule has 0 saturated carbocycles. The molecule has 0 aliphatic carbocycles. The molecule has 1 aliphatic heterocycles. The average Bonchev–Trinajstić information content (AvgIpc) is 2.89. The lowest BCUT2D eigenvalue weighted by molar-refractivity contribution is 0.157. The second kappa shape index (κ2) is 5.27. The molecule has 112 valence electrons. The van der Waals surface area contributed by atoms with Crippen LogP contribution in [0.2, 0.25) is 5.02 Å². The highest BCUT2D eigenvalue weighted by Gasteiger charge is 2.30. The van der Waals surface area contributed by atoms with Gasteiger partial charge in [-0.1, -0.05) is 32.4 Å². The number of ether oxygens (including phenoxy) is 1. The fraction of sp³-hybridized carbons (Fsp3) is 0.438. The highest BCUT2D eigenvalue weighted by Crippen LogP contribution is 2.41. The minimum Gasteiger partial charge on any atom is -0.484 e. The van der Waals surface area contributed by atoms with Gasteiger partial charge in [0.15, 0.2) is 0 Å². The summed E-state index contributed by atoms with van der Waals surface area (Å²) in [5.74, 6) is 0.813. The highest BCUT2D eigenvalue weighted by molar-refractivity contribution is 7.09. The molecule has 3 nitrogen and oxygen atoms in total. The predicted octanol–water partition coefficient (Wildman–Crippen LogP) is 4.62. The van der Waals surface area contributed by atoms with Crippen LogP contribution in [0.4, 0.5) is 0 Å². The quantitative estimate of drug-likeness (QED) is 0.833. The Morgan fingerprint density at radius 1 is 1.38 bits per heavy atom. The van der Waals surface area contributed by atoms with Crippen molar-refractivity contribution in [1.82, 2.24) is 4.98 Å². The van der Waals surface area contributed by atoms with Crippen LogP contribution in [-0.2, 0) is 5.41 Å². The molecule has 1 aromatic heterocycles. The zero-order valence-electron chi connectivity index (χ0n) is 12.4. The van der Waals surface area contributed by atoms with Gasteiger partial charge in [-0.2, -0.15) is 0 Å². The van der Waals surface area contributed by atoms with Crippen LogP contribution in [0.1, 0.15) is 55.6 Å². The van der Waals surface area contributed by atoms with Crippen molar-refractivity contribution in [2.24, 2.45) is 5.73 Å². The molecule has 2 aromatic rings. The van der Waals surface area contributed by atoms with Crippen molar-refractivity contribution in [3.63, 3.8) is 0 Å². The Morgan fingerprint density at radius 3 is 2.81 bits per heavy atom. The minimum absolute atomic E-state index is 0.0606. The van der Waals surface area contributed by atoms with Crippen LogP contribution in [0.5, 0.6) is 5.75 Å². The van der Waals surface area contributed by atoms with Gasteiger partial charge in [-0.25, -0.2) is 4.98 Å². The summed E-state index contributed by atoms with van der Waals surface area (Å²) in [5, 5.41) is 3.89. The minimum atomic E-state index is -0.0824. The van der Waals surface area contributed by atoms with Crippen LogP contribution in [0, 0.1) is 0 Å². The van der Waals surface area contributed by atoms with Crippen LogP contribution in [-0.4, -0.2) is 4.98 Å². The molecule has 1 aliphatic rings. The van der Waals surface area contributed by atoms with Crippen molar-refractivity contribution in [3.8, 4) is 5.75 Å². The molecule has 0 saturated heterocycles. The summed E-state index contributed by atoms with van der Waals surface area (Å²) in [5.41, 5.74) is 8.28. The standard InChI is InChI=1S/C16H19ClN2OS/c1-16(2,3)15-19-12(8-21-15)14-7-11(18)10-6-9(17)4-5-13(10)20-14/h4-6,8,11,14H,7,18H2,1-3H3/t11-,14?/m1/s1. The van der Waals surface area contributed by atoms with E-state index in [0.717, 1.165) is 28.4 Å². The van der Waals surface area contributed by atoms with Gasteiger partial charge in [0.1, 0.15) is 11.9 Å². The predicted molar refractivity (Wildman–Crippen MR) is 87.2 cm³/mol. The number of nitrogens with two attached hydrogens (primary N) is 1. The number of hydrogen-bond donors (Lipinski definition) is 1. The Bertz CT molecular complexity index is 663. The summed E-state index contributed by atoms with van der Waals surface area (Å²) in [7, 11) is 0. The van der Waals surface area contributed by atoms with Crippen LogP contribution in [0.3, 0.4) is 0 Å². The van der Waals surface area contributed by atoms with E-state index in [-0.39, 0.29) is 17.6 Å². The fourth-order valence-corrected chi connectivity index (χ4v) is 3.56. The van der Waals surface area contributed by atoms with Gasteiger partial charge in [0.25, 0.3) is 0 Å². The van der Waals surface area contributed by atoms with Crippen molar-refractivity contribution >= 4 is 22.9 Å². The normalized spacial score (nSPS) is 21.8. The first-order valence-corrected chi connectivity index (χ1v) is 8.28. The fourth-order valence-electron chi connectivity index (χ4n) is 2.44. The monoisotopic (exact) mass is 322 g/mol. The van der Waals surface area contributed by atoms with E-state index >= 15 is 0 Å². The number of fused-ring (bicyclic) bond motifs is 1. The molecule has 0 radical (unpaired) electrons. The number of nitrogens with zero attached hydrogens (tertiary/aromatic N) is 1. The third-order valence-electron chi connectivity index (χ3n) is 3.60. The number of halogens is 1. The molecule has 21 heavy (non-hydrogen) atoms. The molecule has 0 amide bonds. The largest absolute Gasteiger partial charge is 0.484 e. The van der Waals surface area contributed by atoms with E-state index in [9.17, 15) is 0 Å². The molecule has 3 rings (SSSR count). The first kappa shape index (κ1) is 14.8. The van der Waals surface area contributed by atoms with E-state index in [4.69, 9.17) is 27.1 Å². The van der Waals surface area contributed by atoms with E-state index in [1.165, 1.54) is 0 Å². The van der Waals surface area contributed by atoms with Crippen molar-refractivity contribution in [2.75, 3.05) is 0 Å². The van der Waals surface area contributed by atoms with Crippen LogP contribution in [0.15, 0.2) is 23.6 Å². The Balaban J connectivity index is 1.89. The van der Waals surface area contributed by atoms with Crippen molar-refractivity contribution in [1.29, 1.82) is 0 Å². The van der Waals surface area contributed by atoms with E-state index in [1.807, 2.05) is 18.2 Å². The molecule has 0 bridgehead atoms. The Morgan fingerprint density at radius 2 is 2.14 bits per heavy atom. The van der Waals surface area contributed by atoms with Crippen LogP contribution in [0.25, 0.3) is 0 Å². The number of thiazole rings is 1. The summed E-state index contributed by atoms with van der Waals surface area (Å²) < 4.78 is 6.07. The van der Waals surface area contributed by atoms with Crippen LogP contribution >= 0.6 is 22.9 Å². The summed E-state index contributed by atoms with van der Waals surface area (Å²) in [6, 6.07) is 5.54. The van der Waals surface area contributed by atoms with Crippen LogP contribution < -0.4 is 10.5 Å². The first-order valence-electron chi connectivity index (χ1n) is 7.02. The third-order valence-corrected chi connectivity index (χ3v) is 5.12. The van der Waals surface area contributed by atoms with Crippen molar-refractivity contribution in [2.45, 2.75) is 44.8 Å². The Labute approximate surface area is 134 Å². The molecule has 5 heteroatoms. The second-order valence-electron chi connectivity index (χ2n) is 6.46. The number of benzene rings is 1. The van der Waals surface area contributed by atoms with Gasteiger partial charge in [0.05, 0.1) is 10.7 Å². The van der Waals surface area contributed by atoms with Gasteiger partial charge in [-0.3, -0.25) is 0 Å². The number of aromatic nitrogens is 1. The topological polar surface area (TPSA) is 48.1 Å². The van der Waals surface area contributed by atoms with Gasteiger partial charge in [0.2, 0.25) is 0 Å². The molecule has 0 spiro atoms. The maximum Gasteiger partial charge on any atom is 0.143 e. The van der Waals surface area contributed by atoms with Gasteiger partial charge < -0.3 is 10.5 Å². The zero-order chi connectivity index (χ0) is 15.2. The number of hydrogen-bond acceptors (Lipinski definition) is 4. The Kier molecular flexibility index (Phi) is 3.72. The molecule has 2 heterocycles. The van der Waals surface area contributed by atoms with E-state index in [1.54, 1.807) is 11.3 Å². The highest BCUT2D eigenvalue weighted by atomic mass is 35.5. The maximum atomic E-state index is 6.27. The van der Waals surface area contributed by atoms with Gasteiger partial charge in [-0.05, 0) is 18.2 Å². The van der Waals surface area contributed by atoms with E-state index in [2.05, 4.69) is 26.2 Å². The summed E-state index contributed by atoms with van der Waals surface area (Å²) in [6.07, 6.45) is 0.640. The SMILES string of the molecule is CC(C)(C)c1nc(C2C[C@@H](N)c3cc(Cl)ccc3O2)cs1. The lowest BCUT2D eigenvalue weighted by atomic mass is 9.95. The summed E-state index contributed by atoms with van der Waals surface area (Å²) in [4.78, 5) is 4.74. The second-order valence-corrected chi connectivity index (χ2v) is 7.75. The average molecular weight is 323 g/mol. The van der Waals surface area contributed by atoms with Gasteiger partial charge in [-0.15, -0.1) is 11.3 Å². The molecular weight excluding hydrogens is 304 g/mol. The van der Waals surface area contributed by atoms with Crippen molar-refractivity contribution < 1.29 is 4.74 Å². The maximum absolute atomic E-state index is 6.27. The lowest BCUT2D eigenvalue weighted by Crippen LogP contribution is -2.24. The Hall–Kier alpha value is -1.10. The number of rotatable bonds is 1. The molecule has 1 unspecified atom stereocenters. The lowest BCUT2D eigenvalue weighted by Gasteiger charge is -2.29.